The average Bonchev–Trinajstić information content (AvgIpc) is 2.41. The largest absolute Gasteiger partial charge is 0.444 e. The number of amides is 2. The first-order chi connectivity index (χ1) is 10.3. The fraction of sp³-hybridized carbons (Fsp3) is 0.529. The summed E-state index contributed by atoms with van der Waals surface area (Å²) >= 11 is 0. The van der Waals surface area contributed by atoms with Gasteiger partial charge in [-0.2, -0.15) is 0 Å². The van der Waals surface area contributed by atoms with Crippen molar-refractivity contribution in [3.63, 3.8) is 0 Å². The summed E-state index contributed by atoms with van der Waals surface area (Å²) in [6, 6.07) is 9.48. The van der Waals surface area contributed by atoms with E-state index in [1.165, 1.54) is 0 Å². The van der Waals surface area contributed by atoms with Crippen LogP contribution in [0, 0.1) is 0 Å². The quantitative estimate of drug-likeness (QED) is 0.882. The van der Waals surface area contributed by atoms with Crippen molar-refractivity contribution >= 4 is 12.0 Å². The first-order valence-corrected chi connectivity index (χ1v) is 7.61. The van der Waals surface area contributed by atoms with E-state index in [9.17, 15) is 9.59 Å². The minimum Gasteiger partial charge on any atom is -0.444 e. The second-order valence-electron chi connectivity index (χ2n) is 6.75. The highest BCUT2D eigenvalue weighted by molar-refractivity contribution is 5.86. The van der Waals surface area contributed by atoms with Crippen molar-refractivity contribution in [3.8, 4) is 0 Å². The van der Waals surface area contributed by atoms with Gasteiger partial charge in [-0.25, -0.2) is 4.79 Å². The lowest BCUT2D eigenvalue weighted by Gasteiger charge is -2.35. The summed E-state index contributed by atoms with van der Waals surface area (Å²) < 4.78 is 5.23. The van der Waals surface area contributed by atoms with Gasteiger partial charge in [-0.05, 0) is 39.7 Å². The number of nitrogens with one attached hydrogen (secondary N) is 2. The van der Waals surface area contributed by atoms with E-state index < -0.39 is 17.7 Å². The van der Waals surface area contributed by atoms with E-state index in [2.05, 4.69) is 10.6 Å². The third-order valence-electron chi connectivity index (χ3n) is 3.70. The van der Waals surface area contributed by atoms with Crippen molar-refractivity contribution in [1.82, 2.24) is 10.6 Å². The van der Waals surface area contributed by atoms with Crippen molar-refractivity contribution in [2.75, 3.05) is 0 Å². The highest BCUT2D eigenvalue weighted by Gasteiger charge is 2.35. The summed E-state index contributed by atoms with van der Waals surface area (Å²) in [5, 5.41) is 5.61. The van der Waals surface area contributed by atoms with Crippen molar-refractivity contribution in [3.05, 3.63) is 35.9 Å². The monoisotopic (exact) mass is 304 g/mol. The first-order valence-electron chi connectivity index (χ1n) is 7.61. The third kappa shape index (κ3) is 4.23. The van der Waals surface area contributed by atoms with Gasteiger partial charge in [0.25, 0.3) is 0 Å². The number of piperidine rings is 1. The maximum Gasteiger partial charge on any atom is 0.408 e. The summed E-state index contributed by atoms with van der Waals surface area (Å²) in [4.78, 5) is 24.0. The van der Waals surface area contributed by atoms with Crippen LogP contribution in [0.15, 0.2) is 30.3 Å². The third-order valence-corrected chi connectivity index (χ3v) is 3.70. The van der Waals surface area contributed by atoms with Crippen LogP contribution in [0.2, 0.25) is 0 Å². The Labute approximate surface area is 131 Å². The Morgan fingerprint density at radius 2 is 1.91 bits per heavy atom. The number of rotatable bonds is 2. The number of hydrogen-bond acceptors (Lipinski definition) is 3. The van der Waals surface area contributed by atoms with Gasteiger partial charge in [0.05, 0.1) is 0 Å². The van der Waals surface area contributed by atoms with Crippen LogP contribution in [-0.4, -0.2) is 29.7 Å². The second-order valence-corrected chi connectivity index (χ2v) is 6.75. The van der Waals surface area contributed by atoms with Crippen LogP contribution in [0.5, 0.6) is 0 Å². The number of alkyl carbamates (subject to hydrolysis) is 1. The summed E-state index contributed by atoms with van der Waals surface area (Å²) in [5.74, 6) is 0.00405. The Balaban J connectivity index is 2.06. The summed E-state index contributed by atoms with van der Waals surface area (Å²) in [6.45, 7) is 7.37. The van der Waals surface area contributed by atoms with Crippen LogP contribution in [0.25, 0.3) is 0 Å². The Bertz CT molecular complexity index is 537. The van der Waals surface area contributed by atoms with Crippen LogP contribution < -0.4 is 10.6 Å². The van der Waals surface area contributed by atoms with E-state index in [1.54, 1.807) is 20.8 Å². The highest BCUT2D eigenvalue weighted by atomic mass is 16.6. The minimum absolute atomic E-state index is 0.0339. The molecule has 2 rings (SSSR count). The van der Waals surface area contributed by atoms with E-state index in [4.69, 9.17) is 4.74 Å². The van der Waals surface area contributed by atoms with Gasteiger partial charge in [-0.1, -0.05) is 30.3 Å². The fourth-order valence-electron chi connectivity index (χ4n) is 2.69. The second kappa shape index (κ2) is 6.38. The molecule has 2 N–H and O–H groups in total. The zero-order chi connectivity index (χ0) is 16.3. The molecule has 1 unspecified atom stereocenters. The summed E-state index contributed by atoms with van der Waals surface area (Å²) in [7, 11) is 0. The molecule has 120 valence electrons. The SMILES string of the molecule is C[C@H]1NC(=O)[C@@H](NC(=O)OC(C)(C)C)CC1c1ccccc1. The molecule has 0 aliphatic carbocycles. The standard InChI is InChI=1S/C17H24N2O3/c1-11-13(12-8-6-5-7-9-12)10-14(15(20)18-11)19-16(21)22-17(2,3)4/h5-9,11,13-14H,10H2,1-4H3,(H,18,20)(H,19,21)/t11-,13?,14+/m1/s1. The van der Waals surface area contributed by atoms with Crippen molar-refractivity contribution < 1.29 is 14.3 Å². The molecule has 1 aromatic rings. The Morgan fingerprint density at radius 3 is 2.50 bits per heavy atom. The molecule has 0 radical (unpaired) electrons. The van der Waals surface area contributed by atoms with Gasteiger partial charge in [-0.15, -0.1) is 0 Å². The van der Waals surface area contributed by atoms with Crippen LogP contribution in [0.3, 0.4) is 0 Å². The lowest BCUT2D eigenvalue weighted by Crippen LogP contribution is -2.56. The molecular formula is C17H24N2O3. The molecule has 3 atom stereocenters. The molecule has 0 saturated carbocycles. The molecule has 0 bridgehead atoms. The molecule has 1 fully saturated rings. The molecule has 1 aromatic carbocycles. The van der Waals surface area contributed by atoms with Gasteiger partial charge in [0.15, 0.2) is 0 Å². The Morgan fingerprint density at radius 1 is 1.27 bits per heavy atom. The van der Waals surface area contributed by atoms with Crippen LogP contribution in [-0.2, 0) is 9.53 Å². The number of benzene rings is 1. The Kier molecular flexibility index (Phi) is 4.74. The average molecular weight is 304 g/mol. The van der Waals surface area contributed by atoms with E-state index in [1.807, 2.05) is 37.3 Å². The van der Waals surface area contributed by atoms with Gasteiger partial charge < -0.3 is 15.4 Å². The summed E-state index contributed by atoms with van der Waals surface area (Å²) in [6.07, 6.45) is 0.00463. The zero-order valence-corrected chi connectivity index (χ0v) is 13.6. The molecule has 1 saturated heterocycles. The normalized spacial score (nSPS) is 25.3. The van der Waals surface area contributed by atoms with Gasteiger partial charge in [-0.3, -0.25) is 4.79 Å². The molecule has 1 aliphatic rings. The maximum atomic E-state index is 12.1. The number of ether oxygens (including phenoxy) is 1. The minimum atomic E-state index is -0.582. The van der Waals surface area contributed by atoms with E-state index in [0.717, 1.165) is 5.56 Å². The van der Waals surface area contributed by atoms with E-state index in [0.29, 0.717) is 6.42 Å². The molecule has 22 heavy (non-hydrogen) atoms. The van der Waals surface area contributed by atoms with Crippen LogP contribution >= 0.6 is 0 Å². The molecule has 1 heterocycles. The van der Waals surface area contributed by atoms with E-state index in [-0.39, 0.29) is 17.9 Å². The number of carbonyl (C=O) groups is 2. The lowest BCUT2D eigenvalue weighted by molar-refractivity contribution is -0.126. The van der Waals surface area contributed by atoms with Crippen molar-refractivity contribution in [2.24, 2.45) is 0 Å². The number of hydrogen-bond donors (Lipinski definition) is 2. The van der Waals surface area contributed by atoms with Gasteiger partial charge >= 0.3 is 6.09 Å². The first kappa shape index (κ1) is 16.3. The predicted molar refractivity (Wildman–Crippen MR) is 84.6 cm³/mol. The van der Waals surface area contributed by atoms with Crippen molar-refractivity contribution in [2.45, 2.75) is 57.7 Å². The van der Waals surface area contributed by atoms with Gasteiger partial charge in [0.2, 0.25) is 5.91 Å². The zero-order valence-electron chi connectivity index (χ0n) is 13.6. The molecule has 0 spiro atoms. The Hall–Kier alpha value is -2.04. The predicted octanol–water partition coefficient (Wildman–Crippen LogP) is 2.57. The molecule has 0 aromatic heterocycles. The highest BCUT2D eigenvalue weighted by Crippen LogP contribution is 2.28. The molecule has 1 aliphatic heterocycles. The molecular weight excluding hydrogens is 280 g/mol. The van der Waals surface area contributed by atoms with E-state index >= 15 is 0 Å². The van der Waals surface area contributed by atoms with Crippen molar-refractivity contribution in [1.29, 1.82) is 0 Å². The van der Waals surface area contributed by atoms with Gasteiger partial charge in [0, 0.05) is 12.0 Å². The number of carbonyl (C=O) groups excluding carboxylic acids is 2. The molecule has 5 nitrogen and oxygen atoms in total. The molecule has 2 amide bonds. The fourth-order valence-corrected chi connectivity index (χ4v) is 2.69. The smallest absolute Gasteiger partial charge is 0.408 e. The maximum absolute atomic E-state index is 12.1. The summed E-state index contributed by atoms with van der Waals surface area (Å²) in [5.41, 5.74) is 0.576. The lowest BCUT2D eigenvalue weighted by atomic mass is 9.83. The van der Waals surface area contributed by atoms with Gasteiger partial charge in [0.1, 0.15) is 11.6 Å². The van der Waals surface area contributed by atoms with Crippen LogP contribution in [0.4, 0.5) is 4.79 Å². The molecule has 5 heteroatoms. The topological polar surface area (TPSA) is 67.4 Å². The van der Waals surface area contributed by atoms with Crippen LogP contribution in [0.1, 0.15) is 45.6 Å².